The lowest BCUT2D eigenvalue weighted by molar-refractivity contribution is -0.790. The molecular weight excluding hydrogens is 284 g/mol. The van der Waals surface area contributed by atoms with Crippen LogP contribution in [0.1, 0.15) is 52.9 Å². The van der Waals surface area contributed by atoms with Gasteiger partial charge in [-0.05, 0) is 24.7 Å². The number of Topliss-reactive ketones (excluding diaryl/α,β-unsaturated/α-hetero) is 1. The Morgan fingerprint density at radius 2 is 1.76 bits per heavy atom. The summed E-state index contributed by atoms with van der Waals surface area (Å²) in [5, 5.41) is 18.2. The maximum atomic E-state index is 11.7. The molecule has 0 fully saturated rings. The van der Waals surface area contributed by atoms with Crippen molar-refractivity contribution in [2.75, 3.05) is 6.61 Å². The maximum absolute atomic E-state index is 11.7. The zero-order chi connectivity index (χ0) is 16.5. The van der Waals surface area contributed by atoms with Crippen LogP contribution in [0.25, 0.3) is 0 Å². The number of ketones is 1. The second-order valence-electron chi connectivity index (χ2n) is 5.96. The summed E-state index contributed by atoms with van der Waals surface area (Å²) in [5.74, 6) is -0.0442. The number of nitrogens with zero attached hydrogens (tertiary/aromatic N) is 2. The third-order valence-corrected chi connectivity index (χ3v) is 2.73. The molecule has 0 aromatic rings. The maximum Gasteiger partial charge on any atom is 0.294 e. The first-order valence-electron chi connectivity index (χ1n) is 6.70. The van der Waals surface area contributed by atoms with Gasteiger partial charge in [0.2, 0.25) is 0 Å². The van der Waals surface area contributed by atoms with Gasteiger partial charge in [-0.3, -0.25) is 4.79 Å². The van der Waals surface area contributed by atoms with Crippen molar-refractivity contribution < 1.29 is 24.6 Å². The van der Waals surface area contributed by atoms with Gasteiger partial charge in [0.25, 0.3) is 10.2 Å². The molecule has 0 rings (SSSR count). The van der Waals surface area contributed by atoms with Gasteiger partial charge in [0.1, 0.15) is 18.5 Å². The van der Waals surface area contributed by atoms with Gasteiger partial charge in [-0.15, -0.1) is 20.2 Å². The van der Waals surface area contributed by atoms with Crippen LogP contribution in [-0.2, 0) is 14.5 Å². The summed E-state index contributed by atoms with van der Waals surface area (Å²) in [6.07, 6.45) is 1.01. The summed E-state index contributed by atoms with van der Waals surface area (Å²) in [7, 11) is 0. The topological polar surface area (TPSA) is 122 Å². The Kier molecular flexibility index (Phi) is 8.25. The molecule has 0 N–H and O–H groups in total. The van der Waals surface area contributed by atoms with Crippen LogP contribution in [0.4, 0.5) is 0 Å². The molecule has 0 aliphatic heterocycles. The van der Waals surface area contributed by atoms with Gasteiger partial charge in [-0.25, -0.2) is 0 Å². The molecule has 9 heteroatoms. The van der Waals surface area contributed by atoms with Gasteiger partial charge < -0.3 is 9.68 Å². The van der Waals surface area contributed by atoms with Crippen LogP contribution in [-0.4, -0.2) is 28.7 Å². The average Bonchev–Trinajstić information content (AvgIpc) is 2.30. The Balaban J connectivity index is 4.06. The molecular formula is C12H22N2O7. The summed E-state index contributed by atoms with van der Waals surface area (Å²) in [5.41, 5.74) is 0.150. The van der Waals surface area contributed by atoms with Gasteiger partial charge in [-0.2, -0.15) is 0 Å². The first-order valence-corrected chi connectivity index (χ1v) is 6.70. The highest BCUT2D eigenvalue weighted by Gasteiger charge is 2.18. The highest BCUT2D eigenvalue weighted by molar-refractivity contribution is 5.78. The second kappa shape index (κ2) is 9.09. The predicted octanol–water partition coefficient (Wildman–Crippen LogP) is 2.34. The van der Waals surface area contributed by atoms with E-state index in [1.807, 2.05) is 0 Å². The van der Waals surface area contributed by atoms with Crippen LogP contribution in [0, 0.1) is 25.6 Å². The molecule has 0 spiro atoms. The van der Waals surface area contributed by atoms with E-state index < -0.39 is 22.9 Å². The van der Waals surface area contributed by atoms with Crippen molar-refractivity contribution in [1.82, 2.24) is 0 Å². The first-order chi connectivity index (χ1) is 9.60. The van der Waals surface area contributed by atoms with Gasteiger partial charge in [0.15, 0.2) is 0 Å². The lowest BCUT2D eigenvalue weighted by Gasteiger charge is -2.17. The number of carbonyl (C=O) groups is 1. The van der Waals surface area contributed by atoms with Gasteiger partial charge in [-0.1, -0.05) is 20.8 Å². The summed E-state index contributed by atoms with van der Waals surface area (Å²) in [6.45, 7) is 5.66. The van der Waals surface area contributed by atoms with E-state index >= 15 is 0 Å². The molecule has 1 atom stereocenters. The van der Waals surface area contributed by atoms with Crippen LogP contribution >= 0.6 is 0 Å². The molecule has 0 saturated carbocycles. The Morgan fingerprint density at radius 1 is 1.14 bits per heavy atom. The Morgan fingerprint density at radius 3 is 2.24 bits per heavy atom. The monoisotopic (exact) mass is 306 g/mol. The molecule has 0 amide bonds. The largest absolute Gasteiger partial charge is 0.312 e. The van der Waals surface area contributed by atoms with Crippen LogP contribution in [0.15, 0.2) is 0 Å². The van der Waals surface area contributed by atoms with E-state index in [2.05, 4.69) is 30.4 Å². The molecule has 0 aromatic heterocycles. The molecule has 0 saturated heterocycles. The fraction of sp³-hybridized carbons (Fsp3) is 0.917. The zero-order valence-electron chi connectivity index (χ0n) is 12.6. The van der Waals surface area contributed by atoms with E-state index in [9.17, 15) is 25.0 Å². The molecule has 21 heavy (non-hydrogen) atoms. The van der Waals surface area contributed by atoms with Crippen LogP contribution in [0.5, 0.6) is 0 Å². The van der Waals surface area contributed by atoms with Gasteiger partial charge >= 0.3 is 0 Å². The molecule has 0 aromatic carbocycles. The molecule has 0 radical (unpaired) electrons. The van der Waals surface area contributed by atoms with Crippen molar-refractivity contribution >= 4 is 5.78 Å². The minimum Gasteiger partial charge on any atom is -0.312 e. The SMILES string of the molecule is CC(C)(C)CCCC(=O)CCC(CO[N+](=O)[O-])O[N+](=O)[O-]. The minimum absolute atomic E-state index is 0.0170. The molecule has 1 unspecified atom stereocenters. The average molecular weight is 306 g/mol. The summed E-state index contributed by atoms with van der Waals surface area (Å²) in [6, 6.07) is 0. The molecule has 0 bridgehead atoms. The fourth-order valence-corrected chi connectivity index (χ4v) is 1.70. The Bertz CT molecular complexity index is 365. The number of hydrogen-bond donors (Lipinski definition) is 0. The first kappa shape index (κ1) is 19.1. The standard InChI is InChI=1S/C12H22N2O7/c1-12(2,3)8-4-5-10(15)6-7-11(21-14(18)19)9-20-13(16)17/h11H,4-9H2,1-3H3. The van der Waals surface area contributed by atoms with E-state index in [0.717, 1.165) is 12.8 Å². The zero-order valence-corrected chi connectivity index (χ0v) is 12.6. The third-order valence-electron chi connectivity index (χ3n) is 2.73. The van der Waals surface area contributed by atoms with E-state index in [0.29, 0.717) is 6.42 Å². The fourth-order valence-electron chi connectivity index (χ4n) is 1.70. The van der Waals surface area contributed by atoms with E-state index in [1.165, 1.54) is 0 Å². The van der Waals surface area contributed by atoms with Gasteiger partial charge in [0.05, 0.1) is 0 Å². The van der Waals surface area contributed by atoms with Crippen LogP contribution < -0.4 is 0 Å². The Hall–Kier alpha value is -1.93. The molecule has 0 heterocycles. The van der Waals surface area contributed by atoms with Crippen LogP contribution in [0.3, 0.4) is 0 Å². The van der Waals surface area contributed by atoms with Crippen molar-refractivity contribution in [2.45, 2.75) is 59.0 Å². The smallest absolute Gasteiger partial charge is 0.294 e. The quantitative estimate of drug-likeness (QED) is 0.424. The predicted molar refractivity (Wildman–Crippen MR) is 72.4 cm³/mol. The molecule has 0 aliphatic carbocycles. The number of carbonyl (C=O) groups excluding carboxylic acids is 1. The molecule has 9 nitrogen and oxygen atoms in total. The van der Waals surface area contributed by atoms with Crippen molar-refractivity contribution in [3.63, 3.8) is 0 Å². The van der Waals surface area contributed by atoms with E-state index in [-0.39, 0.29) is 24.0 Å². The van der Waals surface area contributed by atoms with Crippen molar-refractivity contribution in [2.24, 2.45) is 5.41 Å². The highest BCUT2D eigenvalue weighted by Crippen LogP contribution is 2.22. The normalized spacial score (nSPS) is 12.5. The third kappa shape index (κ3) is 12.8. The van der Waals surface area contributed by atoms with Crippen molar-refractivity contribution in [3.05, 3.63) is 20.2 Å². The van der Waals surface area contributed by atoms with Crippen molar-refractivity contribution in [3.8, 4) is 0 Å². The summed E-state index contributed by atoms with van der Waals surface area (Å²) in [4.78, 5) is 40.3. The van der Waals surface area contributed by atoms with Gasteiger partial charge in [0, 0.05) is 12.8 Å². The minimum atomic E-state index is -1.11. The van der Waals surface area contributed by atoms with E-state index in [1.54, 1.807) is 0 Å². The van der Waals surface area contributed by atoms with Crippen LogP contribution in [0.2, 0.25) is 0 Å². The van der Waals surface area contributed by atoms with E-state index in [4.69, 9.17) is 0 Å². The number of rotatable bonds is 11. The summed E-state index contributed by atoms with van der Waals surface area (Å²) >= 11 is 0. The lowest BCUT2D eigenvalue weighted by atomic mass is 9.89. The molecule has 0 aliphatic rings. The van der Waals surface area contributed by atoms with Crippen molar-refractivity contribution in [1.29, 1.82) is 0 Å². The highest BCUT2D eigenvalue weighted by atomic mass is 17.0. The Labute approximate surface area is 122 Å². The summed E-state index contributed by atoms with van der Waals surface area (Å²) < 4.78 is 0. The molecule has 122 valence electrons. The lowest BCUT2D eigenvalue weighted by Crippen LogP contribution is -2.25. The second-order valence-corrected chi connectivity index (χ2v) is 5.96. The number of hydrogen-bond acceptors (Lipinski definition) is 7.